The minimum Gasteiger partial charge on any atom is -0.383 e. The standard InChI is InChI=1S/C12H17ClFN3O/c1-15-12(16-5-6-18-2)17-8-9-3-4-11(14)10(13)7-9/h3-4,7H,5-6,8H2,1-2H3,(H2,15,16,17). The van der Waals surface area contributed by atoms with Crippen LogP contribution in [0.4, 0.5) is 4.39 Å². The fraction of sp³-hybridized carbons (Fsp3) is 0.417. The molecule has 0 heterocycles. The van der Waals surface area contributed by atoms with E-state index in [0.717, 1.165) is 5.56 Å². The molecule has 1 aromatic carbocycles. The number of benzene rings is 1. The van der Waals surface area contributed by atoms with Gasteiger partial charge in [-0.15, -0.1) is 0 Å². The monoisotopic (exact) mass is 273 g/mol. The van der Waals surface area contributed by atoms with Crippen LogP contribution in [-0.2, 0) is 11.3 Å². The SMILES string of the molecule is CN=C(NCCOC)NCc1ccc(F)c(Cl)c1. The summed E-state index contributed by atoms with van der Waals surface area (Å²) in [6.07, 6.45) is 0. The van der Waals surface area contributed by atoms with Gasteiger partial charge in [0.25, 0.3) is 0 Å². The molecular formula is C12H17ClFN3O. The Morgan fingerprint density at radius 2 is 2.22 bits per heavy atom. The predicted molar refractivity (Wildman–Crippen MR) is 71.5 cm³/mol. The van der Waals surface area contributed by atoms with Crippen molar-refractivity contribution < 1.29 is 9.13 Å². The van der Waals surface area contributed by atoms with E-state index in [1.54, 1.807) is 26.3 Å². The Bertz CT molecular complexity index is 412. The topological polar surface area (TPSA) is 45.7 Å². The highest BCUT2D eigenvalue weighted by Crippen LogP contribution is 2.15. The fourth-order valence-electron chi connectivity index (χ4n) is 1.33. The third-order valence-electron chi connectivity index (χ3n) is 2.27. The van der Waals surface area contributed by atoms with E-state index in [2.05, 4.69) is 15.6 Å². The lowest BCUT2D eigenvalue weighted by Gasteiger charge is -2.11. The molecule has 0 spiro atoms. The number of hydrogen-bond donors (Lipinski definition) is 2. The highest BCUT2D eigenvalue weighted by atomic mass is 35.5. The van der Waals surface area contributed by atoms with E-state index in [-0.39, 0.29) is 5.02 Å². The molecule has 0 aromatic heterocycles. The van der Waals surface area contributed by atoms with Gasteiger partial charge in [-0.05, 0) is 17.7 Å². The molecule has 1 aromatic rings. The second kappa shape index (κ2) is 7.89. The summed E-state index contributed by atoms with van der Waals surface area (Å²) in [6, 6.07) is 4.61. The van der Waals surface area contributed by atoms with Crippen LogP contribution in [-0.4, -0.2) is 33.3 Å². The van der Waals surface area contributed by atoms with Crippen LogP contribution >= 0.6 is 11.6 Å². The van der Waals surface area contributed by atoms with Crippen LogP contribution in [0.3, 0.4) is 0 Å². The van der Waals surface area contributed by atoms with Crippen molar-refractivity contribution in [3.8, 4) is 0 Å². The quantitative estimate of drug-likeness (QED) is 0.488. The Labute approximate surface area is 111 Å². The molecule has 0 radical (unpaired) electrons. The summed E-state index contributed by atoms with van der Waals surface area (Å²) < 4.78 is 17.9. The van der Waals surface area contributed by atoms with Crippen LogP contribution in [0.2, 0.25) is 5.02 Å². The molecule has 0 fully saturated rings. The molecule has 0 bridgehead atoms. The first-order valence-corrected chi connectivity index (χ1v) is 5.92. The van der Waals surface area contributed by atoms with Gasteiger partial charge in [-0.3, -0.25) is 4.99 Å². The van der Waals surface area contributed by atoms with Crippen molar-refractivity contribution in [1.82, 2.24) is 10.6 Å². The number of hydrogen-bond acceptors (Lipinski definition) is 2. The average Bonchev–Trinajstić information content (AvgIpc) is 2.37. The first kappa shape index (κ1) is 14.7. The Morgan fingerprint density at radius 3 is 2.83 bits per heavy atom. The summed E-state index contributed by atoms with van der Waals surface area (Å²) in [5, 5.41) is 6.29. The van der Waals surface area contributed by atoms with Gasteiger partial charge in [0.15, 0.2) is 5.96 Å². The number of guanidine groups is 1. The number of aliphatic imine (C=N–C) groups is 1. The maximum Gasteiger partial charge on any atom is 0.191 e. The van der Waals surface area contributed by atoms with Crippen LogP contribution in [0.5, 0.6) is 0 Å². The lowest BCUT2D eigenvalue weighted by Crippen LogP contribution is -2.38. The first-order valence-electron chi connectivity index (χ1n) is 5.54. The van der Waals surface area contributed by atoms with E-state index < -0.39 is 5.82 Å². The van der Waals surface area contributed by atoms with Crippen LogP contribution in [0.25, 0.3) is 0 Å². The second-order valence-electron chi connectivity index (χ2n) is 3.59. The summed E-state index contributed by atoms with van der Waals surface area (Å²) in [7, 11) is 3.32. The maximum atomic E-state index is 13.0. The van der Waals surface area contributed by atoms with Crippen LogP contribution in [0, 0.1) is 5.82 Å². The van der Waals surface area contributed by atoms with Crippen molar-refractivity contribution in [2.75, 3.05) is 27.3 Å². The van der Waals surface area contributed by atoms with Crippen molar-refractivity contribution in [2.45, 2.75) is 6.54 Å². The number of methoxy groups -OCH3 is 1. The smallest absolute Gasteiger partial charge is 0.191 e. The number of nitrogens with zero attached hydrogens (tertiary/aromatic N) is 1. The van der Waals surface area contributed by atoms with Gasteiger partial charge in [-0.1, -0.05) is 17.7 Å². The molecule has 4 nitrogen and oxygen atoms in total. The van der Waals surface area contributed by atoms with Crippen molar-refractivity contribution in [3.63, 3.8) is 0 Å². The molecule has 6 heteroatoms. The molecule has 100 valence electrons. The van der Waals surface area contributed by atoms with E-state index in [4.69, 9.17) is 16.3 Å². The van der Waals surface area contributed by atoms with Crippen molar-refractivity contribution in [2.24, 2.45) is 4.99 Å². The predicted octanol–water partition coefficient (Wildman–Crippen LogP) is 1.79. The van der Waals surface area contributed by atoms with E-state index in [0.29, 0.717) is 25.7 Å². The average molecular weight is 274 g/mol. The molecule has 0 aliphatic rings. The molecule has 18 heavy (non-hydrogen) atoms. The summed E-state index contributed by atoms with van der Waals surface area (Å²) in [6.45, 7) is 1.79. The first-order chi connectivity index (χ1) is 8.67. The molecular weight excluding hydrogens is 257 g/mol. The summed E-state index contributed by atoms with van der Waals surface area (Å²) in [4.78, 5) is 4.05. The Hall–Kier alpha value is -1.33. The van der Waals surface area contributed by atoms with Gasteiger partial charge in [0, 0.05) is 27.2 Å². The van der Waals surface area contributed by atoms with Gasteiger partial charge in [-0.25, -0.2) is 4.39 Å². The molecule has 0 aliphatic heterocycles. The van der Waals surface area contributed by atoms with E-state index in [1.165, 1.54) is 6.07 Å². The van der Waals surface area contributed by atoms with Gasteiger partial charge in [0.2, 0.25) is 0 Å². The number of nitrogens with one attached hydrogen (secondary N) is 2. The van der Waals surface area contributed by atoms with Crippen LogP contribution < -0.4 is 10.6 Å². The highest BCUT2D eigenvalue weighted by molar-refractivity contribution is 6.30. The lowest BCUT2D eigenvalue weighted by atomic mass is 10.2. The van der Waals surface area contributed by atoms with Crippen LogP contribution in [0.15, 0.2) is 23.2 Å². The number of ether oxygens (including phenoxy) is 1. The minimum atomic E-state index is -0.414. The fourth-order valence-corrected chi connectivity index (χ4v) is 1.53. The zero-order chi connectivity index (χ0) is 13.4. The summed E-state index contributed by atoms with van der Waals surface area (Å²) in [5.74, 6) is 0.246. The normalized spacial score (nSPS) is 11.4. The third-order valence-corrected chi connectivity index (χ3v) is 2.56. The molecule has 2 N–H and O–H groups in total. The highest BCUT2D eigenvalue weighted by Gasteiger charge is 2.02. The molecule has 0 aliphatic carbocycles. The molecule has 0 saturated carbocycles. The van der Waals surface area contributed by atoms with E-state index in [9.17, 15) is 4.39 Å². The number of rotatable bonds is 5. The maximum absolute atomic E-state index is 13.0. The summed E-state index contributed by atoms with van der Waals surface area (Å²) in [5.41, 5.74) is 0.885. The van der Waals surface area contributed by atoms with Crippen molar-refractivity contribution in [3.05, 3.63) is 34.6 Å². The zero-order valence-corrected chi connectivity index (χ0v) is 11.2. The Balaban J connectivity index is 2.45. The Morgan fingerprint density at radius 1 is 1.44 bits per heavy atom. The van der Waals surface area contributed by atoms with Crippen molar-refractivity contribution >= 4 is 17.6 Å². The molecule has 1 rings (SSSR count). The number of halogens is 2. The van der Waals surface area contributed by atoms with Crippen LogP contribution in [0.1, 0.15) is 5.56 Å². The van der Waals surface area contributed by atoms with Crippen molar-refractivity contribution in [1.29, 1.82) is 0 Å². The van der Waals surface area contributed by atoms with Gasteiger partial charge < -0.3 is 15.4 Å². The van der Waals surface area contributed by atoms with E-state index >= 15 is 0 Å². The molecule has 0 saturated heterocycles. The lowest BCUT2D eigenvalue weighted by molar-refractivity contribution is 0.203. The van der Waals surface area contributed by atoms with Gasteiger partial charge in [-0.2, -0.15) is 0 Å². The molecule has 0 unspecified atom stereocenters. The van der Waals surface area contributed by atoms with Gasteiger partial charge >= 0.3 is 0 Å². The minimum absolute atomic E-state index is 0.122. The van der Waals surface area contributed by atoms with E-state index in [1.807, 2.05) is 0 Å². The molecule has 0 atom stereocenters. The molecule has 0 amide bonds. The van der Waals surface area contributed by atoms with Gasteiger partial charge in [0.05, 0.1) is 11.6 Å². The third kappa shape index (κ3) is 4.89. The summed E-state index contributed by atoms with van der Waals surface area (Å²) >= 11 is 5.70. The Kier molecular flexibility index (Phi) is 6.46. The second-order valence-corrected chi connectivity index (χ2v) is 4.00. The largest absolute Gasteiger partial charge is 0.383 e. The van der Waals surface area contributed by atoms with Gasteiger partial charge in [0.1, 0.15) is 5.82 Å². The zero-order valence-electron chi connectivity index (χ0n) is 10.5.